The zero-order valence-corrected chi connectivity index (χ0v) is 14.7. The van der Waals surface area contributed by atoms with E-state index in [1.165, 1.54) is 11.3 Å². The lowest BCUT2D eigenvalue weighted by Crippen LogP contribution is -2.04. The van der Waals surface area contributed by atoms with Gasteiger partial charge in [-0.25, -0.2) is 9.97 Å². The molecule has 0 aliphatic heterocycles. The molecule has 1 N–H and O–H groups in total. The summed E-state index contributed by atoms with van der Waals surface area (Å²) < 4.78 is 0. The topological polar surface area (TPSA) is 54.9 Å². The standard InChI is InChI=1S/C19H19N3OS/c1-12(2)19(23)16-8-7-15(24-16)14-5-4-6-17(21-14)22-18-11-13(3)9-10-20-18/h4-12H,1-3H3,(H,20,21,22). The zero-order valence-electron chi connectivity index (χ0n) is 13.9. The second kappa shape index (κ2) is 6.93. The molecule has 0 saturated heterocycles. The highest BCUT2D eigenvalue weighted by Gasteiger charge is 2.14. The van der Waals surface area contributed by atoms with Crippen molar-refractivity contribution < 1.29 is 4.79 Å². The first-order chi connectivity index (χ1) is 11.5. The maximum Gasteiger partial charge on any atom is 0.175 e. The van der Waals surface area contributed by atoms with E-state index in [4.69, 9.17) is 0 Å². The molecule has 3 rings (SSSR count). The van der Waals surface area contributed by atoms with Gasteiger partial charge in [0, 0.05) is 12.1 Å². The molecule has 0 aliphatic rings. The molecule has 0 saturated carbocycles. The Morgan fingerprint density at radius 3 is 2.71 bits per heavy atom. The minimum absolute atomic E-state index is 0.00450. The third kappa shape index (κ3) is 3.68. The number of pyridine rings is 2. The lowest BCUT2D eigenvalue weighted by Gasteiger charge is -2.06. The van der Waals surface area contributed by atoms with Crippen molar-refractivity contribution in [2.75, 3.05) is 5.32 Å². The molecule has 0 unspecified atom stereocenters. The van der Waals surface area contributed by atoms with Crippen molar-refractivity contribution in [3.05, 3.63) is 59.1 Å². The molecule has 0 aliphatic carbocycles. The molecule has 0 amide bonds. The van der Waals surface area contributed by atoms with Crippen LogP contribution in [-0.4, -0.2) is 15.8 Å². The Morgan fingerprint density at radius 2 is 1.96 bits per heavy atom. The van der Waals surface area contributed by atoms with Gasteiger partial charge in [0.1, 0.15) is 11.6 Å². The van der Waals surface area contributed by atoms with Gasteiger partial charge >= 0.3 is 0 Å². The summed E-state index contributed by atoms with van der Waals surface area (Å²) in [5.74, 6) is 1.67. The van der Waals surface area contributed by atoms with Gasteiger partial charge in [0.2, 0.25) is 0 Å². The SMILES string of the molecule is Cc1ccnc(Nc2cccc(-c3ccc(C(=O)C(C)C)s3)n2)c1. The van der Waals surface area contributed by atoms with E-state index in [2.05, 4.69) is 15.3 Å². The number of anilines is 2. The number of aryl methyl sites for hydroxylation is 1. The quantitative estimate of drug-likeness (QED) is 0.658. The van der Waals surface area contributed by atoms with Crippen LogP contribution in [0.3, 0.4) is 0 Å². The summed E-state index contributed by atoms with van der Waals surface area (Å²) in [5, 5.41) is 3.22. The van der Waals surface area contributed by atoms with Crippen LogP contribution in [0.2, 0.25) is 0 Å². The van der Waals surface area contributed by atoms with E-state index in [1.54, 1.807) is 6.20 Å². The highest BCUT2D eigenvalue weighted by molar-refractivity contribution is 7.17. The van der Waals surface area contributed by atoms with Gasteiger partial charge < -0.3 is 5.32 Å². The highest BCUT2D eigenvalue weighted by atomic mass is 32.1. The highest BCUT2D eigenvalue weighted by Crippen LogP contribution is 2.29. The Morgan fingerprint density at radius 1 is 1.12 bits per heavy atom. The van der Waals surface area contributed by atoms with Crippen LogP contribution >= 0.6 is 11.3 Å². The lowest BCUT2D eigenvalue weighted by molar-refractivity contribution is 0.0943. The minimum Gasteiger partial charge on any atom is -0.325 e. The maximum atomic E-state index is 12.1. The molecule has 3 aromatic heterocycles. The number of nitrogens with zero attached hydrogens (tertiary/aromatic N) is 2. The van der Waals surface area contributed by atoms with Crippen LogP contribution in [0, 0.1) is 12.8 Å². The van der Waals surface area contributed by atoms with Crippen molar-refractivity contribution in [2.24, 2.45) is 5.92 Å². The fourth-order valence-electron chi connectivity index (χ4n) is 2.27. The van der Waals surface area contributed by atoms with Crippen molar-refractivity contribution in [2.45, 2.75) is 20.8 Å². The molecule has 122 valence electrons. The monoisotopic (exact) mass is 337 g/mol. The van der Waals surface area contributed by atoms with E-state index in [1.807, 2.05) is 63.2 Å². The van der Waals surface area contributed by atoms with Gasteiger partial charge in [0.25, 0.3) is 0 Å². The Kier molecular flexibility index (Phi) is 4.71. The van der Waals surface area contributed by atoms with Crippen LogP contribution < -0.4 is 5.32 Å². The fourth-order valence-corrected chi connectivity index (χ4v) is 3.33. The minimum atomic E-state index is 0.00450. The molecule has 4 nitrogen and oxygen atoms in total. The predicted molar refractivity (Wildman–Crippen MR) is 99.0 cm³/mol. The number of rotatable bonds is 5. The van der Waals surface area contributed by atoms with Crippen LogP contribution in [0.1, 0.15) is 29.1 Å². The number of carbonyl (C=O) groups excluding carboxylic acids is 1. The average Bonchev–Trinajstić information content (AvgIpc) is 3.04. The smallest absolute Gasteiger partial charge is 0.175 e. The first-order valence-electron chi connectivity index (χ1n) is 7.84. The molecule has 3 heterocycles. The number of hydrogen-bond donors (Lipinski definition) is 1. The number of nitrogens with one attached hydrogen (secondary N) is 1. The molecule has 0 bridgehead atoms. The molecule has 3 aromatic rings. The third-order valence-corrected chi connectivity index (χ3v) is 4.67. The van der Waals surface area contributed by atoms with Gasteiger partial charge in [-0.2, -0.15) is 0 Å². The Labute approximate surface area is 145 Å². The molecule has 0 radical (unpaired) electrons. The van der Waals surface area contributed by atoms with Crippen LogP contribution in [0.15, 0.2) is 48.7 Å². The third-order valence-electron chi connectivity index (χ3n) is 3.55. The number of aromatic nitrogens is 2. The van der Waals surface area contributed by atoms with Gasteiger partial charge in [-0.15, -0.1) is 11.3 Å². The first kappa shape index (κ1) is 16.3. The number of Topliss-reactive ketones (excluding diaryl/α,β-unsaturated/α-hetero) is 1. The number of carbonyl (C=O) groups is 1. The van der Waals surface area contributed by atoms with Crippen molar-refractivity contribution in [3.8, 4) is 10.6 Å². The molecule has 5 heteroatoms. The summed E-state index contributed by atoms with van der Waals surface area (Å²) in [6, 6.07) is 13.6. The summed E-state index contributed by atoms with van der Waals surface area (Å²) in [4.78, 5) is 22.8. The molecule has 0 aromatic carbocycles. The second-order valence-corrected chi connectivity index (χ2v) is 7.02. The maximum absolute atomic E-state index is 12.1. The number of thiophene rings is 1. The Balaban J connectivity index is 1.84. The van der Waals surface area contributed by atoms with E-state index >= 15 is 0 Å². The van der Waals surface area contributed by atoms with Gasteiger partial charge in [-0.05, 0) is 48.9 Å². The van der Waals surface area contributed by atoms with Crippen molar-refractivity contribution in [1.82, 2.24) is 9.97 Å². The molecule has 24 heavy (non-hydrogen) atoms. The van der Waals surface area contributed by atoms with Gasteiger partial charge in [-0.3, -0.25) is 4.79 Å². The van der Waals surface area contributed by atoms with Crippen molar-refractivity contribution >= 4 is 28.8 Å². The molecule has 0 spiro atoms. The van der Waals surface area contributed by atoms with Crippen molar-refractivity contribution in [3.63, 3.8) is 0 Å². The van der Waals surface area contributed by atoms with Gasteiger partial charge in [-0.1, -0.05) is 19.9 Å². The normalized spacial score (nSPS) is 10.8. The predicted octanol–water partition coefficient (Wildman–Crippen LogP) is 5.10. The summed E-state index contributed by atoms with van der Waals surface area (Å²) in [6.07, 6.45) is 1.77. The number of ketones is 1. The zero-order chi connectivity index (χ0) is 17.1. The first-order valence-corrected chi connectivity index (χ1v) is 8.66. The molecular weight excluding hydrogens is 318 g/mol. The van der Waals surface area contributed by atoms with E-state index in [0.29, 0.717) is 0 Å². The van der Waals surface area contributed by atoms with Gasteiger partial charge in [0.05, 0.1) is 15.4 Å². The average molecular weight is 337 g/mol. The fraction of sp³-hybridized carbons (Fsp3) is 0.211. The molecule has 0 atom stereocenters. The van der Waals surface area contributed by atoms with E-state index in [0.717, 1.165) is 32.6 Å². The van der Waals surface area contributed by atoms with Crippen LogP contribution in [0.5, 0.6) is 0 Å². The van der Waals surface area contributed by atoms with Crippen LogP contribution in [0.4, 0.5) is 11.6 Å². The van der Waals surface area contributed by atoms with E-state index < -0.39 is 0 Å². The lowest BCUT2D eigenvalue weighted by atomic mass is 10.1. The van der Waals surface area contributed by atoms with Gasteiger partial charge in [0.15, 0.2) is 5.78 Å². The Bertz CT molecular complexity index is 870. The largest absolute Gasteiger partial charge is 0.325 e. The van der Waals surface area contributed by atoms with Crippen LogP contribution in [-0.2, 0) is 0 Å². The number of hydrogen-bond acceptors (Lipinski definition) is 5. The summed E-state index contributed by atoms with van der Waals surface area (Å²) in [6.45, 7) is 5.86. The van der Waals surface area contributed by atoms with Crippen LogP contribution in [0.25, 0.3) is 10.6 Å². The van der Waals surface area contributed by atoms with E-state index in [9.17, 15) is 4.79 Å². The van der Waals surface area contributed by atoms with E-state index in [-0.39, 0.29) is 11.7 Å². The Hall–Kier alpha value is -2.53. The summed E-state index contributed by atoms with van der Waals surface area (Å²) in [5.41, 5.74) is 1.99. The summed E-state index contributed by atoms with van der Waals surface area (Å²) >= 11 is 1.48. The molecule has 0 fully saturated rings. The van der Waals surface area contributed by atoms with Crippen molar-refractivity contribution in [1.29, 1.82) is 0 Å². The summed E-state index contributed by atoms with van der Waals surface area (Å²) in [7, 11) is 0. The second-order valence-electron chi connectivity index (χ2n) is 5.93. The molecular formula is C19H19N3OS.